The molecule has 0 aliphatic rings. The summed E-state index contributed by atoms with van der Waals surface area (Å²) < 4.78 is 27.6. The van der Waals surface area contributed by atoms with Crippen LogP contribution in [0.5, 0.6) is 11.5 Å². The van der Waals surface area contributed by atoms with Gasteiger partial charge < -0.3 is 25.7 Å². The lowest BCUT2D eigenvalue weighted by molar-refractivity contribution is -0.384. The summed E-state index contributed by atoms with van der Waals surface area (Å²) in [6.45, 7) is 0.423. The third kappa shape index (κ3) is 7.74. The largest absolute Gasteiger partial charge is 0.508 e. The van der Waals surface area contributed by atoms with Crippen LogP contribution in [0.3, 0.4) is 0 Å². The second kappa shape index (κ2) is 12.7. The fourth-order valence-electron chi connectivity index (χ4n) is 3.90. The number of benzene rings is 3. The Hall–Kier alpha value is -4.04. The molecule has 3 rings (SSSR count). The van der Waals surface area contributed by atoms with E-state index in [1.54, 1.807) is 30.3 Å². The molecule has 3 aromatic rings. The number of carbonyl (C=O) groups excluding carboxylic acids is 1. The molecule has 0 aromatic heterocycles. The topological polar surface area (TPSA) is 191 Å². The van der Waals surface area contributed by atoms with E-state index in [1.165, 1.54) is 19.1 Å². The SMILES string of the molecule is C[C@@H](O)CN(C[C@@H](O)[C@H](Cc1ccccc1)NC(=O)c1ccc(O)cc1O)S(=O)(=O)c1ccc([N+](=O)[O-])cc1. The number of non-ortho nitro benzene ring substituents is 1. The molecular formula is C26H29N3O9S. The number of aliphatic hydroxyl groups is 2. The van der Waals surface area contributed by atoms with Gasteiger partial charge in [-0.3, -0.25) is 14.9 Å². The Kier molecular flexibility index (Phi) is 9.59. The van der Waals surface area contributed by atoms with Gasteiger partial charge in [-0.05, 0) is 43.2 Å². The number of nitrogens with zero attached hydrogens (tertiary/aromatic N) is 2. The van der Waals surface area contributed by atoms with E-state index in [4.69, 9.17) is 0 Å². The molecule has 3 aromatic carbocycles. The standard InChI is InChI=1S/C26H29N3O9S/c1-17(30)15-28(39(37,38)21-10-7-19(8-11-21)29(35)36)16-25(33)23(13-18-5-3-2-4-6-18)27-26(34)22-12-9-20(31)14-24(22)32/h2-12,14,17,23,25,30-33H,13,15-16H2,1H3,(H,27,34)/t17-,23+,25-/m1/s1. The van der Waals surface area contributed by atoms with Gasteiger partial charge in [-0.1, -0.05) is 30.3 Å². The van der Waals surface area contributed by atoms with E-state index in [0.29, 0.717) is 0 Å². The van der Waals surface area contributed by atoms with Crippen LogP contribution >= 0.6 is 0 Å². The zero-order valence-electron chi connectivity index (χ0n) is 20.9. The number of carbonyl (C=O) groups is 1. The number of nitrogens with one attached hydrogen (secondary N) is 1. The van der Waals surface area contributed by atoms with Crippen LogP contribution in [-0.2, 0) is 16.4 Å². The fourth-order valence-corrected chi connectivity index (χ4v) is 5.44. The van der Waals surface area contributed by atoms with Crippen molar-refractivity contribution in [3.8, 4) is 11.5 Å². The molecule has 0 aliphatic carbocycles. The normalized spacial score (nSPS) is 13.9. The van der Waals surface area contributed by atoms with Gasteiger partial charge in [-0.15, -0.1) is 0 Å². The molecule has 0 aliphatic heterocycles. The minimum Gasteiger partial charge on any atom is -0.508 e. The second-order valence-electron chi connectivity index (χ2n) is 8.96. The molecule has 0 saturated heterocycles. The number of phenols is 2. The van der Waals surface area contributed by atoms with Gasteiger partial charge >= 0.3 is 0 Å². The third-order valence-corrected chi connectivity index (χ3v) is 7.70. The number of nitro groups is 1. The van der Waals surface area contributed by atoms with Crippen molar-refractivity contribution in [2.24, 2.45) is 0 Å². The lowest BCUT2D eigenvalue weighted by atomic mass is 10.00. The van der Waals surface area contributed by atoms with Gasteiger partial charge in [0.05, 0.1) is 33.6 Å². The molecule has 1 amide bonds. The first-order valence-corrected chi connectivity index (χ1v) is 13.3. The average Bonchev–Trinajstić information content (AvgIpc) is 2.88. The number of rotatable bonds is 12. The molecule has 13 heteroatoms. The molecule has 0 heterocycles. The van der Waals surface area contributed by atoms with Crippen LogP contribution in [-0.4, -0.2) is 75.3 Å². The molecule has 0 radical (unpaired) electrons. The van der Waals surface area contributed by atoms with Gasteiger partial charge in [0.15, 0.2) is 0 Å². The summed E-state index contributed by atoms with van der Waals surface area (Å²) >= 11 is 0. The quantitative estimate of drug-likeness (QED) is 0.163. The predicted molar refractivity (Wildman–Crippen MR) is 141 cm³/mol. The number of amides is 1. The van der Waals surface area contributed by atoms with Gasteiger partial charge in [0.1, 0.15) is 11.5 Å². The van der Waals surface area contributed by atoms with Gasteiger partial charge in [0.25, 0.3) is 11.6 Å². The second-order valence-corrected chi connectivity index (χ2v) is 10.9. The number of hydrogen-bond donors (Lipinski definition) is 5. The first-order valence-electron chi connectivity index (χ1n) is 11.9. The van der Waals surface area contributed by atoms with Crippen LogP contribution in [0.4, 0.5) is 5.69 Å². The summed E-state index contributed by atoms with van der Waals surface area (Å²) in [5, 5.41) is 54.4. The van der Waals surface area contributed by atoms with Gasteiger partial charge in [-0.2, -0.15) is 4.31 Å². The number of hydrogen-bond acceptors (Lipinski definition) is 9. The maximum absolute atomic E-state index is 13.4. The Bertz CT molecular complexity index is 1400. The monoisotopic (exact) mass is 559 g/mol. The van der Waals surface area contributed by atoms with Crippen LogP contribution in [0, 0.1) is 10.1 Å². The summed E-state index contributed by atoms with van der Waals surface area (Å²) in [5.74, 6) is -1.51. The first-order chi connectivity index (χ1) is 18.4. The van der Waals surface area contributed by atoms with Crippen LogP contribution in [0.1, 0.15) is 22.8 Å². The van der Waals surface area contributed by atoms with Gasteiger partial charge in [0, 0.05) is 31.3 Å². The molecule has 0 saturated carbocycles. The van der Waals surface area contributed by atoms with Gasteiger partial charge in [-0.25, -0.2) is 8.42 Å². The van der Waals surface area contributed by atoms with Crippen molar-refractivity contribution in [1.29, 1.82) is 0 Å². The van der Waals surface area contributed by atoms with Crippen molar-refractivity contribution in [3.63, 3.8) is 0 Å². The fraction of sp³-hybridized carbons (Fsp3) is 0.269. The minimum atomic E-state index is -4.32. The van der Waals surface area contributed by atoms with Crippen molar-refractivity contribution < 1.29 is 38.6 Å². The zero-order valence-corrected chi connectivity index (χ0v) is 21.7. The summed E-state index contributed by atoms with van der Waals surface area (Å²) in [6.07, 6.45) is -2.52. The molecule has 0 bridgehead atoms. The van der Waals surface area contributed by atoms with E-state index in [1.807, 2.05) is 0 Å². The highest BCUT2D eigenvalue weighted by Crippen LogP contribution is 2.24. The molecule has 3 atom stereocenters. The minimum absolute atomic E-state index is 0.0900. The molecular weight excluding hydrogens is 530 g/mol. The van der Waals surface area contributed by atoms with Crippen molar-refractivity contribution in [3.05, 3.63) is 94.0 Å². The Morgan fingerprint density at radius 3 is 2.21 bits per heavy atom. The first kappa shape index (κ1) is 29.5. The highest BCUT2D eigenvalue weighted by Gasteiger charge is 2.32. The van der Waals surface area contributed by atoms with Crippen molar-refractivity contribution in [1.82, 2.24) is 9.62 Å². The number of aliphatic hydroxyl groups excluding tert-OH is 2. The Labute approximate surface area is 225 Å². The number of phenolic OH excluding ortho intramolecular Hbond substituents is 2. The predicted octanol–water partition coefficient (Wildman–Crippen LogP) is 1.78. The molecule has 12 nitrogen and oxygen atoms in total. The smallest absolute Gasteiger partial charge is 0.269 e. The summed E-state index contributed by atoms with van der Waals surface area (Å²) in [7, 11) is -4.32. The highest BCUT2D eigenvalue weighted by molar-refractivity contribution is 7.89. The van der Waals surface area contributed by atoms with Crippen LogP contribution in [0.2, 0.25) is 0 Å². The van der Waals surface area contributed by atoms with Crippen molar-refractivity contribution in [2.75, 3.05) is 13.1 Å². The van der Waals surface area contributed by atoms with Crippen molar-refractivity contribution in [2.45, 2.75) is 36.5 Å². The number of aromatic hydroxyl groups is 2. The Morgan fingerprint density at radius 1 is 1.00 bits per heavy atom. The average molecular weight is 560 g/mol. The van der Waals surface area contributed by atoms with E-state index in [2.05, 4.69) is 5.32 Å². The maximum atomic E-state index is 13.4. The molecule has 39 heavy (non-hydrogen) atoms. The number of nitro benzene ring substituents is 1. The summed E-state index contributed by atoms with van der Waals surface area (Å²) in [6, 6.07) is 15.3. The Morgan fingerprint density at radius 2 is 1.64 bits per heavy atom. The van der Waals surface area contributed by atoms with E-state index in [9.17, 15) is 43.8 Å². The lowest BCUT2D eigenvalue weighted by Crippen LogP contribution is -2.51. The van der Waals surface area contributed by atoms with Crippen LogP contribution in [0.15, 0.2) is 77.7 Å². The van der Waals surface area contributed by atoms with Crippen LogP contribution < -0.4 is 5.32 Å². The van der Waals surface area contributed by atoms with Gasteiger partial charge in [0.2, 0.25) is 10.0 Å². The molecule has 208 valence electrons. The Balaban J connectivity index is 1.91. The summed E-state index contributed by atoms with van der Waals surface area (Å²) in [4.78, 5) is 23.0. The molecule has 0 spiro atoms. The maximum Gasteiger partial charge on any atom is 0.269 e. The van der Waals surface area contributed by atoms with E-state index in [0.717, 1.165) is 40.2 Å². The van der Waals surface area contributed by atoms with Crippen molar-refractivity contribution >= 4 is 21.6 Å². The summed E-state index contributed by atoms with van der Waals surface area (Å²) in [5.41, 5.74) is 0.244. The van der Waals surface area contributed by atoms with E-state index in [-0.39, 0.29) is 28.3 Å². The van der Waals surface area contributed by atoms with Crippen LogP contribution in [0.25, 0.3) is 0 Å². The van der Waals surface area contributed by atoms with E-state index >= 15 is 0 Å². The molecule has 0 fully saturated rings. The zero-order chi connectivity index (χ0) is 28.7. The van der Waals surface area contributed by atoms with E-state index < -0.39 is 57.9 Å². The molecule has 0 unspecified atom stereocenters. The third-order valence-electron chi connectivity index (χ3n) is 5.85. The lowest BCUT2D eigenvalue weighted by Gasteiger charge is -2.30. The number of sulfonamides is 1. The molecule has 5 N–H and O–H groups in total. The highest BCUT2D eigenvalue weighted by atomic mass is 32.2.